The van der Waals surface area contributed by atoms with Crippen molar-refractivity contribution in [1.29, 1.82) is 0 Å². The van der Waals surface area contributed by atoms with E-state index in [1.165, 1.54) is 5.56 Å². The number of hydrogen-bond donors (Lipinski definition) is 2. The third kappa shape index (κ3) is 3.34. The summed E-state index contributed by atoms with van der Waals surface area (Å²) in [4.78, 5) is 4.26. The van der Waals surface area contributed by atoms with E-state index < -0.39 is 0 Å². The third-order valence-electron chi connectivity index (χ3n) is 2.21. The Morgan fingerprint density at radius 3 is 2.64 bits per heavy atom. The van der Waals surface area contributed by atoms with Crippen molar-refractivity contribution in [2.45, 2.75) is 20.8 Å². The normalized spacial score (nSPS) is 11.4. The average molecular weight is 193 g/mol. The van der Waals surface area contributed by atoms with Crippen LogP contribution in [0.25, 0.3) is 0 Å². The van der Waals surface area contributed by atoms with Crippen molar-refractivity contribution in [2.75, 3.05) is 18.4 Å². The molecule has 0 radical (unpaired) electrons. The number of aryl methyl sites for hydroxylation is 1. The first kappa shape index (κ1) is 11.0. The minimum Gasteiger partial charge on any atom is -0.369 e. The predicted molar refractivity (Wildman–Crippen MR) is 60.3 cm³/mol. The average Bonchev–Trinajstić information content (AvgIpc) is 2.17. The van der Waals surface area contributed by atoms with Crippen LogP contribution in [0.4, 0.5) is 5.82 Å². The number of anilines is 1. The summed E-state index contributed by atoms with van der Waals surface area (Å²) in [5.41, 5.74) is 6.93. The number of aromatic nitrogens is 1. The summed E-state index contributed by atoms with van der Waals surface area (Å²) in [7, 11) is 0. The molecule has 0 saturated carbocycles. The maximum atomic E-state index is 5.63. The summed E-state index contributed by atoms with van der Waals surface area (Å²) < 4.78 is 0. The third-order valence-corrected chi connectivity index (χ3v) is 2.21. The van der Waals surface area contributed by atoms with Gasteiger partial charge < -0.3 is 11.1 Å². The largest absolute Gasteiger partial charge is 0.369 e. The van der Waals surface area contributed by atoms with E-state index in [1.54, 1.807) is 0 Å². The first-order chi connectivity index (χ1) is 6.53. The standard InChI is InChI=1S/C11H19N3/c1-9-4-5-10(13-6-9)14-8-11(2,3)7-12/h4-6H,7-8,12H2,1-3H3,(H,13,14). The van der Waals surface area contributed by atoms with E-state index in [4.69, 9.17) is 5.73 Å². The molecule has 3 heteroatoms. The Morgan fingerprint density at radius 2 is 2.14 bits per heavy atom. The SMILES string of the molecule is Cc1ccc(NCC(C)(C)CN)nc1. The van der Waals surface area contributed by atoms with E-state index in [2.05, 4.69) is 24.1 Å². The molecule has 0 atom stereocenters. The highest BCUT2D eigenvalue weighted by Crippen LogP contribution is 2.13. The van der Waals surface area contributed by atoms with Gasteiger partial charge in [-0.1, -0.05) is 19.9 Å². The second-order valence-corrected chi connectivity index (χ2v) is 4.44. The zero-order chi connectivity index (χ0) is 10.6. The van der Waals surface area contributed by atoms with Crippen LogP contribution in [0.5, 0.6) is 0 Å². The van der Waals surface area contributed by atoms with E-state index in [1.807, 2.05) is 25.3 Å². The Kier molecular flexibility index (Phi) is 3.47. The Labute approximate surface area is 85.7 Å². The zero-order valence-corrected chi connectivity index (χ0v) is 9.17. The van der Waals surface area contributed by atoms with Crippen LogP contribution in [0.3, 0.4) is 0 Å². The lowest BCUT2D eigenvalue weighted by molar-refractivity contribution is 0.405. The molecule has 14 heavy (non-hydrogen) atoms. The first-order valence-electron chi connectivity index (χ1n) is 4.90. The molecule has 1 heterocycles. The summed E-state index contributed by atoms with van der Waals surface area (Å²) in [5.74, 6) is 0.914. The van der Waals surface area contributed by atoms with Crippen LogP contribution in [0.1, 0.15) is 19.4 Å². The van der Waals surface area contributed by atoms with Gasteiger partial charge in [0, 0.05) is 12.7 Å². The van der Waals surface area contributed by atoms with Gasteiger partial charge in [-0.2, -0.15) is 0 Å². The maximum Gasteiger partial charge on any atom is 0.125 e. The van der Waals surface area contributed by atoms with Crippen molar-refractivity contribution >= 4 is 5.82 Å². The van der Waals surface area contributed by atoms with E-state index in [9.17, 15) is 0 Å². The topological polar surface area (TPSA) is 50.9 Å². The van der Waals surface area contributed by atoms with Crippen LogP contribution < -0.4 is 11.1 Å². The second-order valence-electron chi connectivity index (χ2n) is 4.44. The van der Waals surface area contributed by atoms with Gasteiger partial charge in [0.1, 0.15) is 5.82 Å². The predicted octanol–water partition coefficient (Wildman–Crippen LogP) is 1.79. The Hall–Kier alpha value is -1.09. The van der Waals surface area contributed by atoms with E-state index in [-0.39, 0.29) is 5.41 Å². The van der Waals surface area contributed by atoms with Crippen molar-refractivity contribution in [1.82, 2.24) is 4.98 Å². The van der Waals surface area contributed by atoms with E-state index in [0.717, 1.165) is 12.4 Å². The highest BCUT2D eigenvalue weighted by molar-refractivity contribution is 5.35. The summed E-state index contributed by atoms with van der Waals surface area (Å²) in [6.45, 7) is 7.81. The van der Waals surface area contributed by atoms with Gasteiger partial charge in [-0.15, -0.1) is 0 Å². The zero-order valence-electron chi connectivity index (χ0n) is 9.17. The van der Waals surface area contributed by atoms with Crippen molar-refractivity contribution in [3.8, 4) is 0 Å². The van der Waals surface area contributed by atoms with Gasteiger partial charge in [-0.25, -0.2) is 4.98 Å². The molecule has 1 rings (SSSR count). The molecule has 0 aromatic carbocycles. The molecule has 0 spiro atoms. The minimum absolute atomic E-state index is 0.118. The monoisotopic (exact) mass is 193 g/mol. The molecular formula is C11H19N3. The number of pyridine rings is 1. The lowest BCUT2D eigenvalue weighted by Gasteiger charge is -2.22. The highest BCUT2D eigenvalue weighted by Gasteiger charge is 2.14. The van der Waals surface area contributed by atoms with E-state index in [0.29, 0.717) is 6.54 Å². The number of hydrogen-bond acceptors (Lipinski definition) is 3. The molecule has 0 unspecified atom stereocenters. The van der Waals surface area contributed by atoms with Gasteiger partial charge in [0.25, 0.3) is 0 Å². The van der Waals surface area contributed by atoms with Crippen LogP contribution in [0.15, 0.2) is 18.3 Å². The van der Waals surface area contributed by atoms with Gasteiger partial charge in [0.05, 0.1) is 0 Å². The van der Waals surface area contributed by atoms with Gasteiger partial charge in [-0.3, -0.25) is 0 Å². The Balaban J connectivity index is 2.50. The fourth-order valence-corrected chi connectivity index (χ4v) is 0.974. The molecule has 0 aliphatic carbocycles. The van der Waals surface area contributed by atoms with Crippen molar-refractivity contribution < 1.29 is 0 Å². The lowest BCUT2D eigenvalue weighted by atomic mass is 9.94. The first-order valence-corrected chi connectivity index (χ1v) is 4.90. The van der Waals surface area contributed by atoms with Gasteiger partial charge >= 0.3 is 0 Å². The quantitative estimate of drug-likeness (QED) is 0.766. The smallest absolute Gasteiger partial charge is 0.125 e. The van der Waals surface area contributed by atoms with Crippen molar-refractivity contribution in [2.24, 2.45) is 11.1 Å². The molecule has 0 aliphatic heterocycles. The van der Waals surface area contributed by atoms with Crippen LogP contribution in [-0.4, -0.2) is 18.1 Å². The molecular weight excluding hydrogens is 174 g/mol. The molecule has 0 saturated heterocycles. The molecule has 3 nitrogen and oxygen atoms in total. The van der Waals surface area contributed by atoms with Crippen LogP contribution in [0.2, 0.25) is 0 Å². The number of nitrogens with one attached hydrogen (secondary N) is 1. The molecule has 78 valence electrons. The fraction of sp³-hybridized carbons (Fsp3) is 0.545. The summed E-state index contributed by atoms with van der Waals surface area (Å²) in [6, 6.07) is 4.03. The Morgan fingerprint density at radius 1 is 1.43 bits per heavy atom. The highest BCUT2D eigenvalue weighted by atomic mass is 15.0. The molecule has 0 fully saturated rings. The Bertz CT molecular complexity index is 277. The minimum atomic E-state index is 0.118. The number of nitrogens with two attached hydrogens (primary N) is 1. The lowest BCUT2D eigenvalue weighted by Crippen LogP contribution is -2.31. The summed E-state index contributed by atoms with van der Waals surface area (Å²) in [6.07, 6.45) is 1.86. The van der Waals surface area contributed by atoms with E-state index >= 15 is 0 Å². The number of rotatable bonds is 4. The molecule has 0 amide bonds. The van der Waals surface area contributed by atoms with Gasteiger partial charge in [0.2, 0.25) is 0 Å². The number of nitrogens with zero attached hydrogens (tertiary/aromatic N) is 1. The molecule has 3 N–H and O–H groups in total. The fourth-order valence-electron chi connectivity index (χ4n) is 0.974. The molecule has 1 aromatic heterocycles. The maximum absolute atomic E-state index is 5.63. The molecule has 0 bridgehead atoms. The van der Waals surface area contributed by atoms with Gasteiger partial charge in [-0.05, 0) is 30.5 Å². The van der Waals surface area contributed by atoms with Crippen molar-refractivity contribution in [3.63, 3.8) is 0 Å². The van der Waals surface area contributed by atoms with Crippen LogP contribution >= 0.6 is 0 Å². The second kappa shape index (κ2) is 4.42. The van der Waals surface area contributed by atoms with Crippen LogP contribution in [-0.2, 0) is 0 Å². The summed E-state index contributed by atoms with van der Waals surface area (Å²) in [5, 5.41) is 3.27. The molecule has 0 aliphatic rings. The van der Waals surface area contributed by atoms with Crippen LogP contribution in [0, 0.1) is 12.3 Å². The molecule has 1 aromatic rings. The van der Waals surface area contributed by atoms with Gasteiger partial charge in [0.15, 0.2) is 0 Å². The van der Waals surface area contributed by atoms with Crippen molar-refractivity contribution in [3.05, 3.63) is 23.9 Å². The summed E-state index contributed by atoms with van der Waals surface area (Å²) >= 11 is 0.